The van der Waals surface area contributed by atoms with Crippen LogP contribution in [-0.2, 0) is 11.3 Å². The molecule has 0 aromatic carbocycles. The van der Waals surface area contributed by atoms with Gasteiger partial charge >= 0.3 is 0 Å². The van der Waals surface area contributed by atoms with E-state index in [1.165, 1.54) is 18.5 Å². The van der Waals surface area contributed by atoms with Crippen LogP contribution in [0, 0.1) is 12.8 Å². The zero-order valence-corrected chi connectivity index (χ0v) is 19.0. The number of aromatic nitrogens is 1. The minimum absolute atomic E-state index is 0.687. The van der Waals surface area contributed by atoms with E-state index in [9.17, 15) is 0 Å². The Labute approximate surface area is 179 Å². The van der Waals surface area contributed by atoms with Gasteiger partial charge in [0, 0.05) is 44.6 Å². The van der Waals surface area contributed by atoms with E-state index >= 15 is 0 Å². The molecule has 3 heterocycles. The molecular weight excluding hydrogens is 384 g/mol. The molecule has 1 aromatic rings. The molecule has 0 bridgehead atoms. The number of aliphatic imine (C=N–C) groups is 1. The van der Waals surface area contributed by atoms with Gasteiger partial charge in [-0.1, -0.05) is 0 Å². The van der Waals surface area contributed by atoms with Crippen LogP contribution in [-0.4, -0.2) is 86.3 Å². The van der Waals surface area contributed by atoms with Crippen molar-refractivity contribution >= 4 is 17.3 Å². The van der Waals surface area contributed by atoms with Crippen molar-refractivity contribution in [3.63, 3.8) is 0 Å². The van der Waals surface area contributed by atoms with Gasteiger partial charge in [-0.05, 0) is 58.7 Å². The van der Waals surface area contributed by atoms with Crippen molar-refractivity contribution in [2.75, 3.05) is 65.6 Å². The summed E-state index contributed by atoms with van der Waals surface area (Å²) in [5, 5.41) is 10.3. The van der Waals surface area contributed by atoms with Gasteiger partial charge in [0.15, 0.2) is 5.96 Å². The number of piperidine rings is 1. The topological polar surface area (TPSA) is 65.0 Å². The molecule has 0 spiro atoms. The molecular formula is C21H38N6OS. The molecule has 2 N–H and O–H groups in total. The molecule has 0 amide bonds. The molecule has 2 fully saturated rings. The number of nitrogens with one attached hydrogen (secondary N) is 2. The average molecular weight is 423 g/mol. The van der Waals surface area contributed by atoms with Crippen molar-refractivity contribution in [2.45, 2.75) is 39.7 Å². The summed E-state index contributed by atoms with van der Waals surface area (Å²) < 4.78 is 5.41. The van der Waals surface area contributed by atoms with E-state index < -0.39 is 0 Å². The lowest BCUT2D eigenvalue weighted by molar-refractivity contribution is 0.0376. The summed E-state index contributed by atoms with van der Waals surface area (Å²) in [6.07, 6.45) is 3.59. The fourth-order valence-corrected chi connectivity index (χ4v) is 4.54. The van der Waals surface area contributed by atoms with Crippen LogP contribution in [0.4, 0.5) is 0 Å². The number of rotatable bonds is 9. The number of ether oxygens (including phenoxy) is 1. The molecule has 8 heteroatoms. The Morgan fingerprint density at radius 1 is 1.21 bits per heavy atom. The quantitative estimate of drug-likeness (QED) is 0.360. The molecule has 2 saturated heterocycles. The lowest BCUT2D eigenvalue weighted by Crippen LogP contribution is -2.41. The van der Waals surface area contributed by atoms with Crippen molar-refractivity contribution in [1.29, 1.82) is 0 Å². The fraction of sp³-hybridized carbons (Fsp3) is 0.810. The average Bonchev–Trinajstić information content (AvgIpc) is 3.15. The predicted molar refractivity (Wildman–Crippen MR) is 121 cm³/mol. The van der Waals surface area contributed by atoms with Gasteiger partial charge in [0.1, 0.15) is 0 Å². The molecule has 0 atom stereocenters. The molecule has 2 aliphatic rings. The highest BCUT2D eigenvalue weighted by atomic mass is 32.1. The van der Waals surface area contributed by atoms with E-state index in [1.807, 2.05) is 0 Å². The molecule has 29 heavy (non-hydrogen) atoms. The third-order valence-corrected chi connectivity index (χ3v) is 6.48. The summed E-state index contributed by atoms with van der Waals surface area (Å²) in [6.45, 7) is 15.3. The van der Waals surface area contributed by atoms with Crippen molar-refractivity contribution in [2.24, 2.45) is 10.9 Å². The highest BCUT2D eigenvalue weighted by Crippen LogP contribution is 2.20. The van der Waals surface area contributed by atoms with Crippen molar-refractivity contribution in [3.8, 4) is 0 Å². The molecule has 0 radical (unpaired) electrons. The number of likely N-dealkylation sites (tertiary alicyclic amines) is 1. The Hall–Kier alpha value is -1.22. The summed E-state index contributed by atoms with van der Waals surface area (Å²) in [4.78, 5) is 14.5. The van der Waals surface area contributed by atoms with Gasteiger partial charge in [-0.3, -0.25) is 14.8 Å². The predicted octanol–water partition coefficient (Wildman–Crippen LogP) is 1.94. The summed E-state index contributed by atoms with van der Waals surface area (Å²) >= 11 is 1.75. The molecule has 2 aliphatic heterocycles. The van der Waals surface area contributed by atoms with Crippen LogP contribution >= 0.6 is 11.3 Å². The van der Waals surface area contributed by atoms with E-state index in [1.54, 1.807) is 11.3 Å². The Kier molecular flexibility index (Phi) is 9.66. The van der Waals surface area contributed by atoms with E-state index in [2.05, 4.69) is 44.6 Å². The molecule has 0 unspecified atom stereocenters. The first-order valence-corrected chi connectivity index (χ1v) is 12.1. The number of hydrogen-bond donors (Lipinski definition) is 2. The van der Waals surface area contributed by atoms with Crippen LogP contribution < -0.4 is 10.6 Å². The molecule has 3 rings (SSSR count). The number of thiazole rings is 1. The van der Waals surface area contributed by atoms with Crippen molar-refractivity contribution < 1.29 is 4.74 Å². The lowest BCUT2D eigenvalue weighted by atomic mass is 9.97. The SMILES string of the molecule is CCNC(=NCC1CCN(Cc2csc(C)n2)CC1)NCCCN1CCOCC1. The smallest absolute Gasteiger partial charge is 0.191 e. The van der Waals surface area contributed by atoms with Crippen LogP contribution in [0.5, 0.6) is 0 Å². The van der Waals surface area contributed by atoms with E-state index in [0.717, 1.165) is 89.5 Å². The molecule has 1 aromatic heterocycles. The Morgan fingerprint density at radius 2 is 2.00 bits per heavy atom. The maximum Gasteiger partial charge on any atom is 0.191 e. The van der Waals surface area contributed by atoms with Gasteiger partial charge in [-0.25, -0.2) is 4.98 Å². The van der Waals surface area contributed by atoms with Crippen LogP contribution in [0.3, 0.4) is 0 Å². The highest BCUT2D eigenvalue weighted by molar-refractivity contribution is 7.09. The van der Waals surface area contributed by atoms with Crippen LogP contribution in [0.25, 0.3) is 0 Å². The number of aryl methyl sites for hydroxylation is 1. The van der Waals surface area contributed by atoms with Crippen LogP contribution in [0.15, 0.2) is 10.4 Å². The van der Waals surface area contributed by atoms with Crippen molar-refractivity contribution in [1.82, 2.24) is 25.4 Å². The van der Waals surface area contributed by atoms with E-state index in [-0.39, 0.29) is 0 Å². The van der Waals surface area contributed by atoms with E-state index in [4.69, 9.17) is 9.73 Å². The van der Waals surface area contributed by atoms with Crippen LogP contribution in [0.1, 0.15) is 36.9 Å². The summed E-state index contributed by atoms with van der Waals surface area (Å²) in [5.74, 6) is 1.65. The zero-order valence-electron chi connectivity index (χ0n) is 18.2. The van der Waals surface area contributed by atoms with E-state index in [0.29, 0.717) is 5.92 Å². The minimum atomic E-state index is 0.687. The fourth-order valence-electron chi connectivity index (χ4n) is 3.93. The largest absolute Gasteiger partial charge is 0.379 e. The van der Waals surface area contributed by atoms with Gasteiger partial charge in [-0.2, -0.15) is 0 Å². The van der Waals surface area contributed by atoms with Gasteiger partial charge in [0.2, 0.25) is 0 Å². The summed E-state index contributed by atoms with van der Waals surface area (Å²) in [7, 11) is 0. The third-order valence-electron chi connectivity index (χ3n) is 5.66. The first kappa shape index (κ1) is 22.5. The van der Waals surface area contributed by atoms with Gasteiger partial charge < -0.3 is 15.4 Å². The summed E-state index contributed by atoms with van der Waals surface area (Å²) in [6, 6.07) is 0. The number of hydrogen-bond acceptors (Lipinski definition) is 6. The van der Waals surface area contributed by atoms with Gasteiger partial charge in [0.05, 0.1) is 23.9 Å². The molecule has 0 aliphatic carbocycles. The van der Waals surface area contributed by atoms with Gasteiger partial charge in [-0.15, -0.1) is 11.3 Å². The normalized spacial score (nSPS) is 20.1. The number of nitrogens with zero attached hydrogens (tertiary/aromatic N) is 4. The number of morpholine rings is 1. The first-order chi connectivity index (χ1) is 14.2. The number of guanidine groups is 1. The van der Waals surface area contributed by atoms with Gasteiger partial charge in [0.25, 0.3) is 0 Å². The maximum atomic E-state index is 5.41. The Balaban J connectivity index is 1.33. The maximum absolute atomic E-state index is 5.41. The Morgan fingerprint density at radius 3 is 2.69 bits per heavy atom. The second kappa shape index (κ2) is 12.5. The summed E-state index contributed by atoms with van der Waals surface area (Å²) in [5.41, 5.74) is 1.22. The monoisotopic (exact) mass is 422 g/mol. The minimum Gasteiger partial charge on any atom is -0.379 e. The highest BCUT2D eigenvalue weighted by Gasteiger charge is 2.20. The van der Waals surface area contributed by atoms with Crippen molar-refractivity contribution in [3.05, 3.63) is 16.1 Å². The molecule has 164 valence electrons. The molecule has 0 saturated carbocycles. The lowest BCUT2D eigenvalue weighted by Gasteiger charge is -2.30. The first-order valence-electron chi connectivity index (χ1n) is 11.2. The zero-order chi connectivity index (χ0) is 20.3. The standard InChI is InChI=1S/C21H38N6OS/c1-3-22-21(23-7-4-8-26-11-13-28-14-12-26)24-15-19-5-9-27(10-6-19)16-20-17-29-18(2)25-20/h17,19H,3-16H2,1-2H3,(H2,22,23,24). The third kappa shape index (κ3) is 8.20. The second-order valence-corrected chi connectivity index (χ2v) is 9.09. The Bertz CT molecular complexity index is 608. The molecule has 7 nitrogen and oxygen atoms in total. The second-order valence-electron chi connectivity index (χ2n) is 8.03. The van der Waals surface area contributed by atoms with Crippen LogP contribution in [0.2, 0.25) is 0 Å².